The van der Waals surface area contributed by atoms with Crippen molar-refractivity contribution in [3.63, 3.8) is 0 Å². The molecule has 1 N–H and O–H groups in total. The van der Waals surface area contributed by atoms with E-state index in [0.29, 0.717) is 17.4 Å². The molecule has 80 valence electrons. The number of halogens is 1. The van der Waals surface area contributed by atoms with Gasteiger partial charge in [-0.2, -0.15) is 0 Å². The largest absolute Gasteiger partial charge is 0.481 e. The molecule has 0 spiro atoms. The quantitative estimate of drug-likeness (QED) is 0.794. The minimum Gasteiger partial charge on any atom is -0.481 e. The van der Waals surface area contributed by atoms with Gasteiger partial charge in [0.15, 0.2) is 0 Å². The lowest BCUT2D eigenvalue weighted by Gasteiger charge is -2.28. The van der Waals surface area contributed by atoms with Gasteiger partial charge in [0.1, 0.15) is 0 Å². The standard InChI is InChI=1S/C12H13ClO2/c1-7-5-6-9(12(14)15)8-3-2-4-10(13)11(7)8/h2-4,7,9H,5-6H2,1H3,(H,14,15). The Morgan fingerprint density at radius 1 is 1.47 bits per heavy atom. The summed E-state index contributed by atoms with van der Waals surface area (Å²) in [5.74, 6) is -0.760. The van der Waals surface area contributed by atoms with Crippen LogP contribution >= 0.6 is 11.6 Å². The van der Waals surface area contributed by atoms with Gasteiger partial charge in [0, 0.05) is 5.02 Å². The van der Waals surface area contributed by atoms with Crippen molar-refractivity contribution in [2.45, 2.75) is 31.6 Å². The first kappa shape index (κ1) is 10.5. The number of carboxylic acid groups (broad SMARTS) is 1. The van der Waals surface area contributed by atoms with Crippen molar-refractivity contribution in [2.75, 3.05) is 0 Å². The Morgan fingerprint density at radius 2 is 2.20 bits per heavy atom. The van der Waals surface area contributed by atoms with E-state index >= 15 is 0 Å². The van der Waals surface area contributed by atoms with Crippen molar-refractivity contribution in [3.8, 4) is 0 Å². The van der Waals surface area contributed by atoms with E-state index in [2.05, 4.69) is 6.92 Å². The van der Waals surface area contributed by atoms with E-state index in [9.17, 15) is 4.79 Å². The first-order valence-corrected chi connectivity index (χ1v) is 5.50. The molecule has 0 aromatic heterocycles. The highest BCUT2D eigenvalue weighted by atomic mass is 35.5. The molecule has 0 saturated carbocycles. The van der Waals surface area contributed by atoms with Crippen molar-refractivity contribution in [3.05, 3.63) is 34.3 Å². The normalized spacial score (nSPS) is 24.7. The number of hydrogen-bond donors (Lipinski definition) is 1. The monoisotopic (exact) mass is 224 g/mol. The lowest BCUT2D eigenvalue weighted by atomic mass is 9.77. The highest BCUT2D eigenvalue weighted by Crippen LogP contribution is 2.41. The number of carboxylic acids is 1. The van der Waals surface area contributed by atoms with Crippen LogP contribution in [-0.4, -0.2) is 11.1 Å². The Balaban J connectivity index is 2.55. The molecule has 2 atom stereocenters. The van der Waals surface area contributed by atoms with Crippen molar-refractivity contribution >= 4 is 17.6 Å². The maximum atomic E-state index is 11.1. The topological polar surface area (TPSA) is 37.3 Å². The number of benzene rings is 1. The Labute approximate surface area is 93.9 Å². The SMILES string of the molecule is CC1CCC(C(=O)O)c2cccc(Cl)c21. The fourth-order valence-electron chi connectivity index (χ4n) is 2.35. The highest BCUT2D eigenvalue weighted by Gasteiger charge is 2.30. The molecule has 1 aromatic carbocycles. The van der Waals surface area contributed by atoms with Gasteiger partial charge in [-0.15, -0.1) is 0 Å². The molecular weight excluding hydrogens is 212 g/mol. The summed E-state index contributed by atoms with van der Waals surface area (Å²) in [5.41, 5.74) is 1.92. The molecule has 1 aliphatic carbocycles. The number of fused-ring (bicyclic) bond motifs is 1. The fraction of sp³-hybridized carbons (Fsp3) is 0.417. The van der Waals surface area contributed by atoms with Crippen LogP contribution in [-0.2, 0) is 4.79 Å². The third-order valence-corrected chi connectivity index (χ3v) is 3.47. The Hall–Kier alpha value is -1.02. The molecule has 1 aromatic rings. The number of carbonyl (C=O) groups is 1. The highest BCUT2D eigenvalue weighted by molar-refractivity contribution is 6.31. The minimum atomic E-state index is -0.745. The first-order chi connectivity index (χ1) is 7.11. The van der Waals surface area contributed by atoms with E-state index in [-0.39, 0.29) is 5.92 Å². The van der Waals surface area contributed by atoms with Crippen LogP contribution in [0.25, 0.3) is 0 Å². The van der Waals surface area contributed by atoms with Gasteiger partial charge in [0.2, 0.25) is 0 Å². The van der Waals surface area contributed by atoms with Gasteiger partial charge in [-0.3, -0.25) is 4.79 Å². The van der Waals surface area contributed by atoms with E-state index < -0.39 is 5.97 Å². The molecule has 15 heavy (non-hydrogen) atoms. The van der Waals surface area contributed by atoms with Gasteiger partial charge in [0.05, 0.1) is 5.92 Å². The molecule has 2 rings (SSSR count). The lowest BCUT2D eigenvalue weighted by Crippen LogP contribution is -2.20. The second-order valence-electron chi connectivity index (χ2n) is 4.11. The predicted molar refractivity (Wildman–Crippen MR) is 59.5 cm³/mol. The van der Waals surface area contributed by atoms with Gasteiger partial charge in [0.25, 0.3) is 0 Å². The van der Waals surface area contributed by atoms with Gasteiger partial charge >= 0.3 is 5.97 Å². The van der Waals surface area contributed by atoms with Crippen LogP contribution in [0.3, 0.4) is 0 Å². The van der Waals surface area contributed by atoms with Crippen LogP contribution in [0.15, 0.2) is 18.2 Å². The molecule has 0 radical (unpaired) electrons. The number of rotatable bonds is 1. The molecule has 1 aliphatic rings. The van der Waals surface area contributed by atoms with E-state index in [4.69, 9.17) is 16.7 Å². The lowest BCUT2D eigenvalue weighted by molar-refractivity contribution is -0.139. The average Bonchev–Trinajstić information content (AvgIpc) is 2.17. The van der Waals surface area contributed by atoms with Crippen LogP contribution in [0, 0.1) is 0 Å². The summed E-state index contributed by atoms with van der Waals surface area (Å²) in [6, 6.07) is 5.55. The zero-order valence-corrected chi connectivity index (χ0v) is 9.29. The van der Waals surface area contributed by atoms with Crippen molar-refractivity contribution in [2.24, 2.45) is 0 Å². The maximum Gasteiger partial charge on any atom is 0.310 e. The third kappa shape index (κ3) is 1.74. The molecule has 0 aliphatic heterocycles. The van der Waals surface area contributed by atoms with Crippen molar-refractivity contribution in [1.82, 2.24) is 0 Å². The molecule has 3 heteroatoms. The Bertz CT molecular complexity index is 401. The van der Waals surface area contributed by atoms with Gasteiger partial charge in [-0.05, 0) is 36.0 Å². The Kier molecular flexibility index (Phi) is 2.70. The van der Waals surface area contributed by atoms with Crippen LogP contribution in [0.2, 0.25) is 5.02 Å². The molecule has 0 bridgehead atoms. The van der Waals surface area contributed by atoms with E-state index in [1.807, 2.05) is 18.2 Å². The number of hydrogen-bond acceptors (Lipinski definition) is 1. The van der Waals surface area contributed by atoms with Crippen LogP contribution in [0.5, 0.6) is 0 Å². The van der Waals surface area contributed by atoms with Crippen LogP contribution in [0.1, 0.15) is 42.7 Å². The summed E-state index contributed by atoms with van der Waals surface area (Å²) in [6.07, 6.45) is 1.61. The van der Waals surface area contributed by atoms with Gasteiger partial charge in [-0.25, -0.2) is 0 Å². The third-order valence-electron chi connectivity index (χ3n) is 3.14. The van der Waals surface area contributed by atoms with Gasteiger partial charge in [-0.1, -0.05) is 30.7 Å². The smallest absolute Gasteiger partial charge is 0.310 e. The van der Waals surface area contributed by atoms with E-state index in [1.165, 1.54) is 0 Å². The first-order valence-electron chi connectivity index (χ1n) is 5.12. The van der Waals surface area contributed by atoms with E-state index in [0.717, 1.165) is 17.5 Å². The summed E-state index contributed by atoms with van der Waals surface area (Å²) in [7, 11) is 0. The summed E-state index contributed by atoms with van der Waals surface area (Å²) in [6.45, 7) is 2.10. The van der Waals surface area contributed by atoms with Gasteiger partial charge < -0.3 is 5.11 Å². The summed E-state index contributed by atoms with van der Waals surface area (Å²) in [5, 5.41) is 9.82. The second kappa shape index (κ2) is 3.86. The number of aliphatic carboxylic acids is 1. The zero-order chi connectivity index (χ0) is 11.0. The average molecular weight is 225 g/mol. The molecule has 2 unspecified atom stereocenters. The molecule has 0 saturated heterocycles. The van der Waals surface area contributed by atoms with E-state index in [1.54, 1.807) is 0 Å². The summed E-state index contributed by atoms with van der Waals surface area (Å²) >= 11 is 6.11. The Morgan fingerprint density at radius 3 is 2.87 bits per heavy atom. The predicted octanol–water partition coefficient (Wildman–Crippen LogP) is 3.41. The van der Waals surface area contributed by atoms with Crippen molar-refractivity contribution in [1.29, 1.82) is 0 Å². The van der Waals surface area contributed by atoms with Crippen LogP contribution in [0.4, 0.5) is 0 Å². The molecule has 2 nitrogen and oxygen atoms in total. The summed E-state index contributed by atoms with van der Waals surface area (Å²) in [4.78, 5) is 11.1. The molecule has 0 amide bonds. The molecular formula is C12H13ClO2. The molecule has 0 heterocycles. The van der Waals surface area contributed by atoms with Crippen molar-refractivity contribution < 1.29 is 9.90 Å². The minimum absolute atomic E-state index is 0.365. The van der Waals surface area contributed by atoms with Crippen LogP contribution < -0.4 is 0 Å². The zero-order valence-electron chi connectivity index (χ0n) is 8.53. The fourth-order valence-corrected chi connectivity index (χ4v) is 2.72. The summed E-state index contributed by atoms with van der Waals surface area (Å²) < 4.78 is 0. The maximum absolute atomic E-state index is 11.1. The molecule has 0 fully saturated rings. The second-order valence-corrected chi connectivity index (χ2v) is 4.52.